The molecule has 3 rings (SSSR count). The Morgan fingerprint density at radius 1 is 1.04 bits per heavy atom. The molecular formula is C17H12F3N3O. The largest absolute Gasteiger partial charge is 0.440 e. The number of ether oxygens (including phenoxy) is 1. The lowest BCUT2D eigenvalue weighted by molar-refractivity contribution is -0.137. The van der Waals surface area contributed by atoms with Crippen LogP contribution in [-0.2, 0) is 6.18 Å². The summed E-state index contributed by atoms with van der Waals surface area (Å²) in [4.78, 5) is 0. The molecule has 2 aromatic carbocycles. The zero-order valence-corrected chi connectivity index (χ0v) is 12.3. The number of nitriles is 1. The number of anilines is 1. The second-order valence-electron chi connectivity index (χ2n) is 5.34. The minimum atomic E-state index is -4.42. The average molecular weight is 331 g/mol. The predicted molar refractivity (Wildman–Crippen MR) is 81.6 cm³/mol. The molecular weight excluding hydrogens is 319 g/mol. The molecule has 7 heteroatoms. The number of hydrogen-bond acceptors (Lipinski definition) is 4. The van der Waals surface area contributed by atoms with Gasteiger partial charge < -0.3 is 16.2 Å². The molecule has 0 spiro atoms. The molecule has 0 radical (unpaired) electrons. The SMILES string of the molecule is N#CC1=C(N)Oc2cc(N)ccc2[C@@H]1c1ccc(C(F)(F)F)cc1. The summed E-state index contributed by atoms with van der Waals surface area (Å²) in [6.45, 7) is 0. The number of nitrogen functional groups attached to an aromatic ring is 1. The molecule has 24 heavy (non-hydrogen) atoms. The van der Waals surface area contributed by atoms with Gasteiger partial charge in [-0.1, -0.05) is 18.2 Å². The quantitative estimate of drug-likeness (QED) is 0.783. The van der Waals surface area contributed by atoms with E-state index in [1.165, 1.54) is 12.1 Å². The third-order valence-corrected chi connectivity index (χ3v) is 3.81. The van der Waals surface area contributed by atoms with Crippen molar-refractivity contribution in [3.8, 4) is 11.8 Å². The van der Waals surface area contributed by atoms with E-state index in [1.807, 2.05) is 6.07 Å². The Labute approximate surface area is 135 Å². The van der Waals surface area contributed by atoms with Crippen molar-refractivity contribution in [2.45, 2.75) is 12.1 Å². The lowest BCUT2D eigenvalue weighted by atomic mass is 9.83. The molecule has 4 nitrogen and oxygen atoms in total. The minimum absolute atomic E-state index is 0.0829. The van der Waals surface area contributed by atoms with Crippen LogP contribution in [0.2, 0.25) is 0 Å². The molecule has 0 amide bonds. The maximum Gasteiger partial charge on any atom is 0.416 e. The average Bonchev–Trinajstić information content (AvgIpc) is 2.52. The van der Waals surface area contributed by atoms with Crippen LogP contribution in [0.1, 0.15) is 22.6 Å². The van der Waals surface area contributed by atoms with Crippen LogP contribution in [0.15, 0.2) is 53.9 Å². The number of halogens is 3. The molecule has 4 N–H and O–H groups in total. The lowest BCUT2D eigenvalue weighted by Crippen LogP contribution is -2.21. The Bertz CT molecular complexity index is 864. The Kier molecular flexibility index (Phi) is 3.60. The first-order valence-corrected chi connectivity index (χ1v) is 6.95. The van der Waals surface area contributed by atoms with E-state index in [0.29, 0.717) is 22.6 Å². The first-order valence-electron chi connectivity index (χ1n) is 6.95. The van der Waals surface area contributed by atoms with Crippen LogP contribution in [0.3, 0.4) is 0 Å². The van der Waals surface area contributed by atoms with E-state index < -0.39 is 17.7 Å². The topological polar surface area (TPSA) is 85.1 Å². The van der Waals surface area contributed by atoms with Gasteiger partial charge in [-0.25, -0.2) is 0 Å². The van der Waals surface area contributed by atoms with Gasteiger partial charge in [-0.05, 0) is 23.8 Å². The Morgan fingerprint density at radius 3 is 2.29 bits per heavy atom. The second kappa shape index (κ2) is 5.49. The van der Waals surface area contributed by atoms with Crippen molar-refractivity contribution in [1.82, 2.24) is 0 Å². The smallest absolute Gasteiger partial charge is 0.416 e. The zero-order chi connectivity index (χ0) is 17.5. The fourth-order valence-electron chi connectivity index (χ4n) is 2.68. The van der Waals surface area contributed by atoms with Crippen LogP contribution in [0, 0.1) is 11.3 Å². The van der Waals surface area contributed by atoms with Crippen LogP contribution in [0.4, 0.5) is 18.9 Å². The van der Waals surface area contributed by atoms with Crippen LogP contribution in [0.25, 0.3) is 0 Å². The van der Waals surface area contributed by atoms with Crippen molar-refractivity contribution in [3.05, 3.63) is 70.6 Å². The Morgan fingerprint density at radius 2 is 1.71 bits per heavy atom. The summed E-state index contributed by atoms with van der Waals surface area (Å²) in [6, 6.07) is 11.5. The molecule has 1 atom stereocenters. The molecule has 1 aliphatic heterocycles. The van der Waals surface area contributed by atoms with Gasteiger partial charge in [0.2, 0.25) is 5.88 Å². The van der Waals surface area contributed by atoms with Gasteiger partial charge in [0.15, 0.2) is 0 Å². The number of rotatable bonds is 1. The highest BCUT2D eigenvalue weighted by Gasteiger charge is 2.33. The van der Waals surface area contributed by atoms with E-state index in [4.69, 9.17) is 16.2 Å². The summed E-state index contributed by atoms with van der Waals surface area (Å²) in [6.07, 6.45) is -4.42. The number of benzene rings is 2. The Balaban J connectivity index is 2.13. The summed E-state index contributed by atoms with van der Waals surface area (Å²) in [5, 5.41) is 9.38. The second-order valence-corrected chi connectivity index (χ2v) is 5.34. The van der Waals surface area contributed by atoms with Gasteiger partial charge in [0.25, 0.3) is 0 Å². The number of nitrogens with two attached hydrogens (primary N) is 2. The van der Waals surface area contributed by atoms with Gasteiger partial charge in [0.1, 0.15) is 17.4 Å². The summed E-state index contributed by atoms with van der Waals surface area (Å²) in [5.41, 5.74) is 12.5. The normalized spacial score (nSPS) is 17.0. The molecule has 0 aliphatic carbocycles. The highest BCUT2D eigenvalue weighted by Crippen LogP contribution is 2.43. The van der Waals surface area contributed by atoms with Crippen LogP contribution >= 0.6 is 0 Å². The summed E-state index contributed by atoms with van der Waals surface area (Å²) >= 11 is 0. The first-order chi connectivity index (χ1) is 11.3. The third kappa shape index (κ3) is 2.63. The lowest BCUT2D eigenvalue weighted by Gasteiger charge is -2.26. The van der Waals surface area contributed by atoms with Crippen molar-refractivity contribution in [2.24, 2.45) is 5.73 Å². The van der Waals surface area contributed by atoms with Gasteiger partial charge in [-0.2, -0.15) is 18.4 Å². The van der Waals surface area contributed by atoms with Crippen molar-refractivity contribution in [1.29, 1.82) is 5.26 Å². The van der Waals surface area contributed by atoms with E-state index >= 15 is 0 Å². The molecule has 0 saturated heterocycles. The van der Waals surface area contributed by atoms with Crippen LogP contribution in [0.5, 0.6) is 5.75 Å². The monoisotopic (exact) mass is 331 g/mol. The molecule has 0 aromatic heterocycles. The maximum atomic E-state index is 12.7. The van der Waals surface area contributed by atoms with Crippen molar-refractivity contribution >= 4 is 5.69 Å². The van der Waals surface area contributed by atoms with Crippen LogP contribution < -0.4 is 16.2 Å². The van der Waals surface area contributed by atoms with E-state index in [9.17, 15) is 18.4 Å². The fraction of sp³-hybridized carbons (Fsp3) is 0.118. The number of allylic oxidation sites excluding steroid dienone is 1. The zero-order valence-electron chi connectivity index (χ0n) is 12.3. The standard InChI is InChI=1S/C17H12F3N3O/c18-17(19,20)10-3-1-9(2-4-10)15-12-6-5-11(22)7-14(12)24-16(23)13(15)8-21/h1-7,15H,22-23H2/t15-/m0/s1. The Hall–Kier alpha value is -3.14. The first kappa shape index (κ1) is 15.7. The fourth-order valence-corrected chi connectivity index (χ4v) is 2.68. The summed E-state index contributed by atoms with van der Waals surface area (Å²) in [7, 11) is 0. The predicted octanol–water partition coefficient (Wildman–Crippen LogP) is 3.51. The van der Waals surface area contributed by atoms with E-state index in [2.05, 4.69) is 0 Å². The number of alkyl halides is 3. The van der Waals surface area contributed by atoms with Gasteiger partial charge >= 0.3 is 6.18 Å². The maximum absolute atomic E-state index is 12.7. The third-order valence-electron chi connectivity index (χ3n) is 3.81. The molecule has 1 aliphatic rings. The number of nitrogens with zero attached hydrogens (tertiary/aromatic N) is 1. The molecule has 0 fully saturated rings. The number of fused-ring (bicyclic) bond motifs is 1. The molecule has 0 bridgehead atoms. The number of hydrogen-bond donors (Lipinski definition) is 2. The van der Waals surface area contributed by atoms with Crippen molar-refractivity contribution in [2.75, 3.05) is 5.73 Å². The van der Waals surface area contributed by atoms with Crippen LogP contribution in [-0.4, -0.2) is 0 Å². The molecule has 2 aromatic rings. The molecule has 1 heterocycles. The highest BCUT2D eigenvalue weighted by molar-refractivity contribution is 5.59. The van der Waals surface area contributed by atoms with E-state index in [1.54, 1.807) is 18.2 Å². The van der Waals surface area contributed by atoms with E-state index in [-0.39, 0.29) is 11.5 Å². The van der Waals surface area contributed by atoms with Gasteiger partial charge in [0, 0.05) is 17.3 Å². The minimum Gasteiger partial charge on any atom is -0.440 e. The van der Waals surface area contributed by atoms with Gasteiger partial charge in [-0.3, -0.25) is 0 Å². The van der Waals surface area contributed by atoms with Crippen molar-refractivity contribution in [3.63, 3.8) is 0 Å². The van der Waals surface area contributed by atoms with Gasteiger partial charge in [0.05, 0.1) is 11.5 Å². The molecule has 0 saturated carbocycles. The summed E-state index contributed by atoms with van der Waals surface area (Å²) in [5.74, 6) is -0.307. The molecule has 0 unspecified atom stereocenters. The van der Waals surface area contributed by atoms with Crippen molar-refractivity contribution < 1.29 is 17.9 Å². The van der Waals surface area contributed by atoms with Gasteiger partial charge in [-0.15, -0.1) is 0 Å². The van der Waals surface area contributed by atoms with E-state index in [0.717, 1.165) is 12.1 Å². The highest BCUT2D eigenvalue weighted by atomic mass is 19.4. The molecule has 122 valence electrons. The summed E-state index contributed by atoms with van der Waals surface area (Å²) < 4.78 is 43.6.